The first kappa shape index (κ1) is 22.4. The minimum atomic E-state index is -2.61. The number of rotatable bonds is 7. The Morgan fingerprint density at radius 1 is 1.09 bits per heavy atom. The van der Waals surface area contributed by atoms with Gasteiger partial charge in [0.25, 0.3) is 11.7 Å². The van der Waals surface area contributed by atoms with Crippen LogP contribution in [0.3, 0.4) is 0 Å². The molecule has 0 saturated heterocycles. The standard InChI is InChI=1S/C23H19F2N5O2S/c1-14-27-20(30-12-11-26-15(30)2)13-21(28-14)32-17-9-7-16(8-10-17)29-22(31)18-5-3-4-6-19(18)33-23(24)25/h3-13,23H,1-2H3,(H,29,31). The van der Waals surface area contributed by atoms with Gasteiger partial charge in [-0.2, -0.15) is 13.8 Å². The molecule has 0 aliphatic heterocycles. The fraction of sp³-hybridized carbons (Fsp3) is 0.130. The Morgan fingerprint density at radius 3 is 2.55 bits per heavy atom. The molecule has 0 unspecified atom stereocenters. The number of aromatic nitrogens is 4. The van der Waals surface area contributed by atoms with Gasteiger partial charge in [-0.15, -0.1) is 0 Å². The quantitative estimate of drug-likeness (QED) is 0.354. The fourth-order valence-corrected chi connectivity index (χ4v) is 3.74. The van der Waals surface area contributed by atoms with Gasteiger partial charge >= 0.3 is 0 Å². The first-order valence-electron chi connectivity index (χ1n) is 9.88. The average Bonchev–Trinajstić information content (AvgIpc) is 3.20. The summed E-state index contributed by atoms with van der Waals surface area (Å²) < 4.78 is 33.2. The highest BCUT2D eigenvalue weighted by Gasteiger charge is 2.15. The Balaban J connectivity index is 1.47. The third-order valence-electron chi connectivity index (χ3n) is 4.56. The third-order valence-corrected chi connectivity index (χ3v) is 5.34. The Bertz CT molecular complexity index is 1280. The van der Waals surface area contributed by atoms with Gasteiger partial charge in [-0.05, 0) is 50.2 Å². The number of halogens is 2. The lowest BCUT2D eigenvalue weighted by atomic mass is 10.2. The minimum Gasteiger partial charge on any atom is -0.439 e. The summed E-state index contributed by atoms with van der Waals surface area (Å²) in [7, 11) is 0. The number of hydrogen-bond donors (Lipinski definition) is 1. The molecule has 0 radical (unpaired) electrons. The lowest BCUT2D eigenvalue weighted by Gasteiger charge is -2.11. The van der Waals surface area contributed by atoms with E-state index in [1.54, 1.807) is 61.8 Å². The zero-order chi connectivity index (χ0) is 23.4. The van der Waals surface area contributed by atoms with Gasteiger partial charge in [-0.25, -0.2) is 9.97 Å². The molecule has 1 N–H and O–H groups in total. The van der Waals surface area contributed by atoms with Gasteiger partial charge in [0.15, 0.2) is 0 Å². The SMILES string of the molecule is Cc1nc(Oc2ccc(NC(=O)c3ccccc3SC(F)F)cc2)cc(-n2ccnc2C)n1. The molecule has 0 aliphatic carbocycles. The second-order valence-corrected chi connectivity index (χ2v) is 7.94. The van der Waals surface area contributed by atoms with Gasteiger partial charge in [-0.3, -0.25) is 9.36 Å². The van der Waals surface area contributed by atoms with Crippen LogP contribution >= 0.6 is 11.8 Å². The Labute approximate surface area is 192 Å². The summed E-state index contributed by atoms with van der Waals surface area (Å²) in [5.41, 5.74) is 0.680. The molecule has 0 bridgehead atoms. The molecule has 10 heteroatoms. The van der Waals surface area contributed by atoms with E-state index in [2.05, 4.69) is 20.3 Å². The number of imidazole rings is 1. The second-order valence-electron chi connectivity index (χ2n) is 6.91. The average molecular weight is 468 g/mol. The fourth-order valence-electron chi connectivity index (χ4n) is 3.10. The molecule has 2 heterocycles. The highest BCUT2D eigenvalue weighted by Crippen LogP contribution is 2.29. The zero-order valence-corrected chi connectivity index (χ0v) is 18.5. The highest BCUT2D eigenvalue weighted by atomic mass is 32.2. The van der Waals surface area contributed by atoms with Crippen LogP contribution in [0.15, 0.2) is 71.9 Å². The van der Waals surface area contributed by atoms with E-state index in [0.29, 0.717) is 40.7 Å². The van der Waals surface area contributed by atoms with Crippen molar-refractivity contribution >= 4 is 23.4 Å². The predicted octanol–water partition coefficient (Wildman–Crippen LogP) is 5.64. The van der Waals surface area contributed by atoms with Crippen molar-refractivity contribution in [1.82, 2.24) is 19.5 Å². The molecule has 4 rings (SSSR count). The smallest absolute Gasteiger partial charge is 0.288 e. The normalized spacial score (nSPS) is 10.9. The number of benzene rings is 2. The van der Waals surface area contributed by atoms with Crippen LogP contribution < -0.4 is 10.1 Å². The van der Waals surface area contributed by atoms with Crippen molar-refractivity contribution in [2.45, 2.75) is 24.5 Å². The Kier molecular flexibility index (Phi) is 6.64. The summed E-state index contributed by atoms with van der Waals surface area (Å²) in [4.78, 5) is 25.7. The van der Waals surface area contributed by atoms with Crippen LogP contribution in [0, 0.1) is 13.8 Å². The summed E-state index contributed by atoms with van der Waals surface area (Å²) in [6.07, 6.45) is 3.49. The molecule has 2 aromatic heterocycles. The highest BCUT2D eigenvalue weighted by molar-refractivity contribution is 7.99. The van der Waals surface area contributed by atoms with Crippen LogP contribution in [0.25, 0.3) is 5.82 Å². The van der Waals surface area contributed by atoms with Crippen LogP contribution in [-0.4, -0.2) is 31.2 Å². The molecule has 0 aliphatic rings. The molecule has 7 nitrogen and oxygen atoms in total. The molecule has 33 heavy (non-hydrogen) atoms. The van der Waals surface area contributed by atoms with Crippen LogP contribution in [-0.2, 0) is 0 Å². The van der Waals surface area contributed by atoms with Gasteiger partial charge in [0, 0.05) is 29.0 Å². The number of alkyl halides is 2. The Hall–Kier alpha value is -3.79. The number of amides is 1. The number of nitrogens with one attached hydrogen (secondary N) is 1. The number of carbonyl (C=O) groups is 1. The van der Waals surface area contributed by atoms with Gasteiger partial charge in [0.2, 0.25) is 5.88 Å². The second kappa shape index (κ2) is 9.78. The molecule has 0 atom stereocenters. The van der Waals surface area contributed by atoms with Crippen molar-refractivity contribution in [2.24, 2.45) is 0 Å². The van der Waals surface area contributed by atoms with E-state index in [9.17, 15) is 13.6 Å². The number of aryl methyl sites for hydroxylation is 2. The summed E-state index contributed by atoms with van der Waals surface area (Å²) in [5.74, 6) is -0.254. The summed E-state index contributed by atoms with van der Waals surface area (Å²) >= 11 is 0.338. The monoisotopic (exact) mass is 467 g/mol. The van der Waals surface area contributed by atoms with Crippen LogP contribution in [0.5, 0.6) is 11.6 Å². The van der Waals surface area contributed by atoms with E-state index >= 15 is 0 Å². The number of ether oxygens (including phenoxy) is 1. The molecule has 0 fully saturated rings. The van der Waals surface area contributed by atoms with Crippen molar-refractivity contribution in [3.63, 3.8) is 0 Å². The first-order chi connectivity index (χ1) is 15.9. The number of nitrogens with zero attached hydrogens (tertiary/aromatic N) is 4. The molecule has 168 valence electrons. The number of carbonyl (C=O) groups excluding carboxylic acids is 1. The van der Waals surface area contributed by atoms with Crippen molar-refractivity contribution in [2.75, 3.05) is 5.32 Å². The number of thioether (sulfide) groups is 1. The Morgan fingerprint density at radius 2 is 1.85 bits per heavy atom. The van der Waals surface area contributed by atoms with Crippen LogP contribution in [0.4, 0.5) is 14.5 Å². The van der Waals surface area contributed by atoms with E-state index in [1.807, 2.05) is 11.5 Å². The largest absolute Gasteiger partial charge is 0.439 e. The van der Waals surface area contributed by atoms with E-state index in [0.717, 1.165) is 5.82 Å². The van der Waals surface area contributed by atoms with E-state index in [4.69, 9.17) is 4.74 Å². The van der Waals surface area contributed by atoms with Gasteiger partial charge in [0.1, 0.15) is 23.2 Å². The van der Waals surface area contributed by atoms with Gasteiger partial charge in [-0.1, -0.05) is 23.9 Å². The maximum atomic E-state index is 12.8. The molecule has 1 amide bonds. The lowest BCUT2D eigenvalue weighted by molar-refractivity contribution is 0.102. The molecular formula is C23H19F2N5O2S. The van der Waals surface area contributed by atoms with Crippen molar-refractivity contribution in [1.29, 1.82) is 0 Å². The third kappa shape index (κ3) is 5.53. The summed E-state index contributed by atoms with van der Waals surface area (Å²) in [5, 5.41) is 2.72. The summed E-state index contributed by atoms with van der Waals surface area (Å²) in [6.45, 7) is 3.64. The maximum absolute atomic E-state index is 12.8. The van der Waals surface area contributed by atoms with Crippen LogP contribution in [0.1, 0.15) is 22.0 Å². The van der Waals surface area contributed by atoms with E-state index < -0.39 is 11.7 Å². The summed E-state index contributed by atoms with van der Waals surface area (Å²) in [6, 6.07) is 14.6. The molecule has 4 aromatic rings. The van der Waals surface area contributed by atoms with Crippen LogP contribution in [0.2, 0.25) is 0 Å². The lowest BCUT2D eigenvalue weighted by Crippen LogP contribution is -2.13. The molecule has 0 saturated carbocycles. The van der Waals surface area contributed by atoms with Crippen molar-refractivity contribution < 1.29 is 18.3 Å². The molecule has 2 aromatic carbocycles. The number of anilines is 1. The number of hydrogen-bond acceptors (Lipinski definition) is 6. The van der Waals surface area contributed by atoms with Crippen molar-refractivity contribution in [3.8, 4) is 17.4 Å². The molecular weight excluding hydrogens is 448 g/mol. The van der Waals surface area contributed by atoms with Gasteiger partial charge < -0.3 is 10.1 Å². The molecule has 0 spiro atoms. The zero-order valence-electron chi connectivity index (χ0n) is 17.7. The topological polar surface area (TPSA) is 81.9 Å². The van der Waals surface area contributed by atoms with E-state index in [-0.39, 0.29) is 10.5 Å². The first-order valence-corrected chi connectivity index (χ1v) is 10.8. The van der Waals surface area contributed by atoms with Crippen molar-refractivity contribution in [3.05, 3.63) is 84.2 Å². The maximum Gasteiger partial charge on any atom is 0.288 e. The van der Waals surface area contributed by atoms with Gasteiger partial charge in [0.05, 0.1) is 5.56 Å². The predicted molar refractivity (Wildman–Crippen MR) is 121 cm³/mol. The van der Waals surface area contributed by atoms with E-state index in [1.165, 1.54) is 12.1 Å². The minimum absolute atomic E-state index is 0.182.